The van der Waals surface area contributed by atoms with Gasteiger partial charge in [-0.3, -0.25) is 4.79 Å². The molecule has 7 heteroatoms. The zero-order valence-corrected chi connectivity index (χ0v) is 14.2. The van der Waals surface area contributed by atoms with Crippen LogP contribution in [-0.4, -0.2) is 51.1 Å². The van der Waals surface area contributed by atoms with Crippen molar-refractivity contribution in [3.05, 3.63) is 29.5 Å². The monoisotopic (exact) mass is 344 g/mol. The molecule has 1 saturated heterocycles. The lowest BCUT2D eigenvalue weighted by Gasteiger charge is -2.43. The van der Waals surface area contributed by atoms with Crippen molar-refractivity contribution >= 4 is 17.2 Å². The van der Waals surface area contributed by atoms with Crippen molar-refractivity contribution in [1.82, 2.24) is 19.9 Å². The number of morpholine rings is 1. The first kappa shape index (κ1) is 15.7. The van der Waals surface area contributed by atoms with Gasteiger partial charge in [0.15, 0.2) is 10.8 Å². The second-order valence-corrected chi connectivity index (χ2v) is 7.10. The van der Waals surface area contributed by atoms with E-state index in [0.29, 0.717) is 25.4 Å². The minimum Gasteiger partial charge on any atom is -0.374 e. The van der Waals surface area contributed by atoms with E-state index in [2.05, 4.69) is 15.0 Å². The van der Waals surface area contributed by atoms with E-state index in [1.54, 1.807) is 18.5 Å². The first-order valence-corrected chi connectivity index (χ1v) is 9.32. The molecule has 0 aromatic carbocycles. The standard InChI is InChI=1S/C17H20N4O2S/c22-15(21-8-9-23-14-5-2-1-4-13(14)21)10-12-11-24-17(20-12)16-18-6-3-7-19-16/h3,6-7,11,13-14H,1-2,4-5,8-10H2/t13-,14-/m0/s1. The number of thiazole rings is 1. The van der Waals surface area contributed by atoms with Crippen LogP contribution in [0, 0.1) is 0 Å². The second-order valence-electron chi connectivity index (χ2n) is 6.24. The molecule has 1 aliphatic heterocycles. The molecule has 24 heavy (non-hydrogen) atoms. The maximum atomic E-state index is 12.8. The molecule has 0 N–H and O–H groups in total. The molecule has 0 unspecified atom stereocenters. The van der Waals surface area contributed by atoms with Crippen molar-refractivity contribution in [2.24, 2.45) is 0 Å². The molecule has 1 saturated carbocycles. The van der Waals surface area contributed by atoms with E-state index in [9.17, 15) is 4.79 Å². The summed E-state index contributed by atoms with van der Waals surface area (Å²) in [5.74, 6) is 0.765. The van der Waals surface area contributed by atoms with E-state index < -0.39 is 0 Å². The van der Waals surface area contributed by atoms with Gasteiger partial charge in [-0.05, 0) is 18.9 Å². The van der Waals surface area contributed by atoms with E-state index in [4.69, 9.17) is 4.74 Å². The summed E-state index contributed by atoms with van der Waals surface area (Å²) >= 11 is 1.48. The number of carbonyl (C=O) groups excluding carboxylic acids is 1. The predicted octanol–water partition coefficient (Wildman–Crippen LogP) is 2.31. The third-order valence-electron chi connectivity index (χ3n) is 4.69. The third kappa shape index (κ3) is 3.18. The smallest absolute Gasteiger partial charge is 0.229 e. The Morgan fingerprint density at radius 3 is 3.00 bits per heavy atom. The highest BCUT2D eigenvalue weighted by Gasteiger charge is 2.36. The Morgan fingerprint density at radius 2 is 2.12 bits per heavy atom. The van der Waals surface area contributed by atoms with Crippen LogP contribution in [0.15, 0.2) is 23.8 Å². The van der Waals surface area contributed by atoms with E-state index in [1.165, 1.54) is 24.2 Å². The second kappa shape index (κ2) is 6.94. The number of carbonyl (C=O) groups is 1. The van der Waals surface area contributed by atoms with Gasteiger partial charge in [-0.1, -0.05) is 12.8 Å². The Balaban J connectivity index is 1.45. The fraction of sp³-hybridized carbons (Fsp3) is 0.529. The summed E-state index contributed by atoms with van der Waals surface area (Å²) in [7, 11) is 0. The highest BCUT2D eigenvalue weighted by atomic mass is 32.1. The van der Waals surface area contributed by atoms with Gasteiger partial charge in [-0.25, -0.2) is 15.0 Å². The highest BCUT2D eigenvalue weighted by Crippen LogP contribution is 2.29. The van der Waals surface area contributed by atoms with Gasteiger partial charge in [0.05, 0.1) is 30.9 Å². The van der Waals surface area contributed by atoms with Crippen molar-refractivity contribution in [3.63, 3.8) is 0 Å². The van der Waals surface area contributed by atoms with Gasteiger partial charge < -0.3 is 9.64 Å². The third-order valence-corrected chi connectivity index (χ3v) is 5.58. The fourth-order valence-corrected chi connectivity index (χ4v) is 4.33. The summed E-state index contributed by atoms with van der Waals surface area (Å²) in [5, 5.41) is 2.69. The molecule has 2 fully saturated rings. The van der Waals surface area contributed by atoms with Crippen LogP contribution in [0.4, 0.5) is 0 Å². The summed E-state index contributed by atoms with van der Waals surface area (Å²) < 4.78 is 5.85. The number of rotatable bonds is 3. The Bertz CT molecular complexity index is 704. The largest absolute Gasteiger partial charge is 0.374 e. The number of amides is 1. The fourth-order valence-electron chi connectivity index (χ4n) is 3.56. The van der Waals surface area contributed by atoms with E-state index in [1.807, 2.05) is 10.3 Å². The van der Waals surface area contributed by atoms with Crippen LogP contribution in [-0.2, 0) is 16.0 Å². The molecule has 0 bridgehead atoms. The molecule has 4 rings (SSSR count). The van der Waals surface area contributed by atoms with Gasteiger partial charge in [0.25, 0.3) is 0 Å². The Labute approximate surface area is 144 Å². The molecule has 2 atom stereocenters. The van der Waals surface area contributed by atoms with Gasteiger partial charge in [0.1, 0.15) is 0 Å². The topological polar surface area (TPSA) is 68.2 Å². The van der Waals surface area contributed by atoms with Gasteiger partial charge in [-0.2, -0.15) is 0 Å². The zero-order chi connectivity index (χ0) is 16.4. The first-order chi connectivity index (χ1) is 11.8. The molecule has 0 spiro atoms. The SMILES string of the molecule is O=C(Cc1csc(-c2ncccn2)n1)N1CCO[C@H]2CCCC[C@@H]21. The molecule has 2 aromatic rings. The number of ether oxygens (including phenoxy) is 1. The minimum atomic E-state index is 0.154. The lowest BCUT2D eigenvalue weighted by Crippen LogP contribution is -2.55. The van der Waals surface area contributed by atoms with E-state index in [0.717, 1.165) is 23.5 Å². The molecule has 0 radical (unpaired) electrons. The van der Waals surface area contributed by atoms with E-state index in [-0.39, 0.29) is 18.1 Å². The van der Waals surface area contributed by atoms with Gasteiger partial charge >= 0.3 is 0 Å². The summed E-state index contributed by atoms with van der Waals surface area (Å²) in [6.07, 6.45) is 8.47. The Hall–Kier alpha value is -1.86. The van der Waals surface area contributed by atoms with Crippen LogP contribution >= 0.6 is 11.3 Å². The predicted molar refractivity (Wildman–Crippen MR) is 90.6 cm³/mol. The maximum Gasteiger partial charge on any atom is 0.229 e. The molecule has 1 aliphatic carbocycles. The number of hydrogen-bond acceptors (Lipinski definition) is 6. The molecular formula is C17H20N4O2S. The normalized spacial score (nSPS) is 23.8. The van der Waals surface area contributed by atoms with Gasteiger partial charge in [0, 0.05) is 24.3 Å². The molecule has 3 heterocycles. The lowest BCUT2D eigenvalue weighted by atomic mass is 9.90. The van der Waals surface area contributed by atoms with Crippen LogP contribution in [0.1, 0.15) is 31.4 Å². The van der Waals surface area contributed by atoms with Crippen molar-refractivity contribution < 1.29 is 9.53 Å². The highest BCUT2D eigenvalue weighted by molar-refractivity contribution is 7.13. The van der Waals surface area contributed by atoms with Crippen molar-refractivity contribution in [1.29, 1.82) is 0 Å². The van der Waals surface area contributed by atoms with Crippen molar-refractivity contribution in [2.75, 3.05) is 13.2 Å². The van der Waals surface area contributed by atoms with Crippen molar-refractivity contribution in [2.45, 2.75) is 44.2 Å². The molecule has 6 nitrogen and oxygen atoms in total. The first-order valence-electron chi connectivity index (χ1n) is 8.44. The van der Waals surface area contributed by atoms with Crippen molar-refractivity contribution in [3.8, 4) is 10.8 Å². The minimum absolute atomic E-state index is 0.154. The van der Waals surface area contributed by atoms with Crippen LogP contribution in [0.25, 0.3) is 10.8 Å². The van der Waals surface area contributed by atoms with Crippen LogP contribution in [0.2, 0.25) is 0 Å². The number of aromatic nitrogens is 3. The summed E-state index contributed by atoms with van der Waals surface area (Å²) in [5.41, 5.74) is 0.798. The van der Waals surface area contributed by atoms with Gasteiger partial charge in [-0.15, -0.1) is 11.3 Å². The van der Waals surface area contributed by atoms with Crippen LogP contribution in [0.5, 0.6) is 0 Å². The van der Waals surface area contributed by atoms with Crippen LogP contribution in [0.3, 0.4) is 0 Å². The Morgan fingerprint density at radius 1 is 1.29 bits per heavy atom. The molecular weight excluding hydrogens is 324 g/mol. The average molecular weight is 344 g/mol. The zero-order valence-electron chi connectivity index (χ0n) is 13.4. The van der Waals surface area contributed by atoms with Gasteiger partial charge in [0.2, 0.25) is 5.91 Å². The summed E-state index contributed by atoms with van der Waals surface area (Å²) in [4.78, 5) is 27.7. The number of nitrogens with zero attached hydrogens (tertiary/aromatic N) is 4. The molecule has 126 valence electrons. The summed E-state index contributed by atoms with van der Waals surface area (Å²) in [6, 6.07) is 2.02. The quantitative estimate of drug-likeness (QED) is 0.855. The Kier molecular flexibility index (Phi) is 4.53. The number of hydrogen-bond donors (Lipinski definition) is 0. The molecule has 2 aromatic heterocycles. The average Bonchev–Trinajstić information content (AvgIpc) is 3.10. The molecule has 1 amide bonds. The maximum absolute atomic E-state index is 12.8. The lowest BCUT2D eigenvalue weighted by molar-refractivity contribution is -0.148. The van der Waals surface area contributed by atoms with E-state index >= 15 is 0 Å². The molecule has 2 aliphatic rings. The number of fused-ring (bicyclic) bond motifs is 1. The van der Waals surface area contributed by atoms with Crippen LogP contribution < -0.4 is 0 Å². The summed E-state index contributed by atoms with van der Waals surface area (Å²) in [6.45, 7) is 1.34.